The van der Waals surface area contributed by atoms with E-state index in [2.05, 4.69) is 0 Å². The van der Waals surface area contributed by atoms with Crippen molar-refractivity contribution in [2.45, 2.75) is 32.9 Å². The maximum absolute atomic E-state index is 12.1. The number of likely N-dealkylation sites (N-methyl/N-ethyl adjacent to an activating group) is 1. The first-order valence-corrected chi connectivity index (χ1v) is 6.24. The van der Waals surface area contributed by atoms with Crippen LogP contribution in [-0.2, 0) is 11.3 Å². The molecule has 0 spiro atoms. The SMILES string of the molecule is CC[C@H](C)[C@H](N)C(=O)N(C)Cc1ccccc1O. The van der Waals surface area contributed by atoms with Gasteiger partial charge in [-0.3, -0.25) is 4.79 Å². The van der Waals surface area contributed by atoms with Gasteiger partial charge in [-0.05, 0) is 12.0 Å². The Labute approximate surface area is 108 Å². The second kappa shape index (κ2) is 6.40. The maximum atomic E-state index is 12.1. The molecule has 100 valence electrons. The van der Waals surface area contributed by atoms with Gasteiger partial charge in [-0.2, -0.15) is 0 Å². The van der Waals surface area contributed by atoms with Gasteiger partial charge in [0.15, 0.2) is 0 Å². The van der Waals surface area contributed by atoms with Crippen LogP contribution in [0.3, 0.4) is 0 Å². The van der Waals surface area contributed by atoms with Gasteiger partial charge in [-0.15, -0.1) is 0 Å². The first kappa shape index (κ1) is 14.5. The van der Waals surface area contributed by atoms with Crippen molar-refractivity contribution in [1.82, 2.24) is 4.90 Å². The van der Waals surface area contributed by atoms with Crippen molar-refractivity contribution < 1.29 is 9.90 Å². The fraction of sp³-hybridized carbons (Fsp3) is 0.500. The molecule has 0 saturated carbocycles. The Morgan fingerprint density at radius 2 is 2.06 bits per heavy atom. The number of aromatic hydroxyl groups is 1. The predicted molar refractivity (Wildman–Crippen MR) is 72.0 cm³/mol. The highest BCUT2D eigenvalue weighted by Gasteiger charge is 2.23. The second-order valence-corrected chi connectivity index (χ2v) is 4.73. The molecule has 1 amide bonds. The average molecular weight is 250 g/mol. The normalized spacial score (nSPS) is 14.0. The molecule has 1 aromatic rings. The molecule has 0 aliphatic carbocycles. The number of para-hydroxylation sites is 1. The smallest absolute Gasteiger partial charge is 0.239 e. The summed E-state index contributed by atoms with van der Waals surface area (Å²) in [6, 6.07) is 6.52. The van der Waals surface area contributed by atoms with Gasteiger partial charge < -0.3 is 15.7 Å². The van der Waals surface area contributed by atoms with Crippen molar-refractivity contribution in [3.8, 4) is 5.75 Å². The van der Waals surface area contributed by atoms with Crippen LogP contribution in [0.25, 0.3) is 0 Å². The van der Waals surface area contributed by atoms with E-state index < -0.39 is 6.04 Å². The van der Waals surface area contributed by atoms with E-state index in [4.69, 9.17) is 5.73 Å². The third kappa shape index (κ3) is 3.47. The minimum atomic E-state index is -0.481. The Morgan fingerprint density at radius 1 is 1.44 bits per heavy atom. The van der Waals surface area contributed by atoms with Crippen LogP contribution in [0.15, 0.2) is 24.3 Å². The molecule has 1 aromatic carbocycles. The number of hydrogen-bond acceptors (Lipinski definition) is 3. The molecule has 0 aliphatic rings. The van der Waals surface area contributed by atoms with Crippen molar-refractivity contribution >= 4 is 5.91 Å². The van der Waals surface area contributed by atoms with Crippen LogP contribution >= 0.6 is 0 Å². The topological polar surface area (TPSA) is 66.6 Å². The lowest BCUT2D eigenvalue weighted by Gasteiger charge is -2.24. The maximum Gasteiger partial charge on any atom is 0.239 e. The lowest BCUT2D eigenvalue weighted by molar-refractivity contribution is -0.132. The zero-order valence-corrected chi connectivity index (χ0v) is 11.3. The fourth-order valence-corrected chi connectivity index (χ4v) is 1.73. The molecule has 0 heterocycles. The molecule has 1 rings (SSSR count). The van der Waals surface area contributed by atoms with E-state index in [9.17, 15) is 9.90 Å². The molecule has 4 heteroatoms. The van der Waals surface area contributed by atoms with Crippen LogP contribution in [0.4, 0.5) is 0 Å². The van der Waals surface area contributed by atoms with E-state index in [0.717, 1.165) is 12.0 Å². The molecule has 0 bridgehead atoms. The van der Waals surface area contributed by atoms with Crippen LogP contribution in [0.1, 0.15) is 25.8 Å². The van der Waals surface area contributed by atoms with Gasteiger partial charge in [0.1, 0.15) is 5.75 Å². The van der Waals surface area contributed by atoms with E-state index in [-0.39, 0.29) is 17.6 Å². The number of phenols is 1. The summed E-state index contributed by atoms with van der Waals surface area (Å²) in [7, 11) is 1.71. The Balaban J connectivity index is 2.68. The highest BCUT2D eigenvalue weighted by atomic mass is 16.3. The Bertz CT molecular complexity index is 407. The van der Waals surface area contributed by atoms with Gasteiger partial charge in [0.2, 0.25) is 5.91 Å². The summed E-state index contributed by atoms with van der Waals surface area (Å²) in [6.07, 6.45) is 0.872. The van der Waals surface area contributed by atoms with Crippen molar-refractivity contribution in [1.29, 1.82) is 0 Å². The molecule has 4 nitrogen and oxygen atoms in total. The zero-order chi connectivity index (χ0) is 13.7. The summed E-state index contributed by atoms with van der Waals surface area (Å²) in [5, 5.41) is 9.67. The third-order valence-electron chi connectivity index (χ3n) is 3.32. The highest BCUT2D eigenvalue weighted by Crippen LogP contribution is 2.18. The van der Waals surface area contributed by atoms with E-state index in [1.54, 1.807) is 30.1 Å². The Hall–Kier alpha value is -1.55. The fourth-order valence-electron chi connectivity index (χ4n) is 1.73. The minimum Gasteiger partial charge on any atom is -0.508 e. The summed E-state index contributed by atoms with van der Waals surface area (Å²) in [4.78, 5) is 13.6. The van der Waals surface area contributed by atoms with Crippen molar-refractivity contribution in [2.24, 2.45) is 11.7 Å². The number of carbonyl (C=O) groups is 1. The molecule has 3 N–H and O–H groups in total. The molecule has 0 fully saturated rings. The monoisotopic (exact) mass is 250 g/mol. The Kier molecular flexibility index (Phi) is 5.16. The quantitative estimate of drug-likeness (QED) is 0.836. The van der Waals surface area contributed by atoms with Crippen LogP contribution in [-0.4, -0.2) is 29.0 Å². The highest BCUT2D eigenvalue weighted by molar-refractivity contribution is 5.81. The number of nitrogens with zero attached hydrogens (tertiary/aromatic N) is 1. The van der Waals surface area contributed by atoms with Gasteiger partial charge >= 0.3 is 0 Å². The predicted octanol–water partition coefficient (Wildman–Crippen LogP) is 1.72. The number of amides is 1. The number of benzene rings is 1. The zero-order valence-electron chi connectivity index (χ0n) is 11.3. The van der Waals surface area contributed by atoms with E-state index in [1.165, 1.54) is 0 Å². The van der Waals surface area contributed by atoms with E-state index in [0.29, 0.717) is 6.54 Å². The summed E-state index contributed by atoms with van der Waals surface area (Å²) >= 11 is 0. The number of hydrogen-bond donors (Lipinski definition) is 2. The summed E-state index contributed by atoms with van der Waals surface area (Å²) < 4.78 is 0. The minimum absolute atomic E-state index is 0.0902. The van der Waals surface area contributed by atoms with Crippen LogP contribution in [0, 0.1) is 5.92 Å². The second-order valence-electron chi connectivity index (χ2n) is 4.73. The molecular formula is C14H22N2O2. The largest absolute Gasteiger partial charge is 0.508 e. The number of nitrogens with two attached hydrogens (primary N) is 1. The van der Waals surface area contributed by atoms with Gasteiger partial charge in [0.05, 0.1) is 6.04 Å². The molecule has 0 saturated heterocycles. The van der Waals surface area contributed by atoms with Crippen LogP contribution < -0.4 is 5.73 Å². The molecule has 18 heavy (non-hydrogen) atoms. The van der Waals surface area contributed by atoms with Gasteiger partial charge in [-0.25, -0.2) is 0 Å². The first-order valence-electron chi connectivity index (χ1n) is 6.24. The standard InChI is InChI=1S/C14H22N2O2/c1-4-10(2)13(15)14(18)16(3)9-11-7-5-6-8-12(11)17/h5-8,10,13,17H,4,9,15H2,1-3H3/t10-,13-/m0/s1. The van der Waals surface area contributed by atoms with Gasteiger partial charge in [0, 0.05) is 19.2 Å². The van der Waals surface area contributed by atoms with E-state index >= 15 is 0 Å². The van der Waals surface area contributed by atoms with Crippen molar-refractivity contribution in [3.05, 3.63) is 29.8 Å². The van der Waals surface area contributed by atoms with Crippen molar-refractivity contribution in [3.63, 3.8) is 0 Å². The molecular weight excluding hydrogens is 228 g/mol. The number of rotatable bonds is 5. The molecule has 0 aromatic heterocycles. The molecule has 0 unspecified atom stereocenters. The van der Waals surface area contributed by atoms with Crippen LogP contribution in [0.5, 0.6) is 5.75 Å². The lowest BCUT2D eigenvalue weighted by Crippen LogP contribution is -2.45. The third-order valence-corrected chi connectivity index (χ3v) is 3.32. The van der Waals surface area contributed by atoms with E-state index in [1.807, 2.05) is 19.9 Å². The number of carbonyl (C=O) groups excluding carboxylic acids is 1. The summed E-state index contributed by atoms with van der Waals surface area (Å²) in [5.41, 5.74) is 6.64. The lowest BCUT2D eigenvalue weighted by atomic mass is 9.99. The number of phenolic OH excluding ortho intramolecular Hbond substituents is 1. The Morgan fingerprint density at radius 3 is 2.61 bits per heavy atom. The average Bonchev–Trinajstić information content (AvgIpc) is 2.38. The summed E-state index contributed by atoms with van der Waals surface area (Å²) in [5.74, 6) is 0.270. The van der Waals surface area contributed by atoms with Gasteiger partial charge in [-0.1, -0.05) is 38.5 Å². The van der Waals surface area contributed by atoms with Crippen molar-refractivity contribution in [2.75, 3.05) is 7.05 Å². The van der Waals surface area contributed by atoms with Gasteiger partial charge in [0.25, 0.3) is 0 Å². The first-order chi connectivity index (χ1) is 8.47. The molecule has 2 atom stereocenters. The molecule has 0 radical (unpaired) electrons. The molecule has 0 aliphatic heterocycles. The summed E-state index contributed by atoms with van der Waals surface area (Å²) in [6.45, 7) is 4.35. The van der Waals surface area contributed by atoms with Crippen LogP contribution in [0.2, 0.25) is 0 Å².